The summed E-state index contributed by atoms with van der Waals surface area (Å²) in [7, 11) is 0. The number of ether oxygens (including phenoxy) is 2. The highest BCUT2D eigenvalue weighted by Gasteiger charge is 2.42. The second-order valence-electron chi connectivity index (χ2n) is 8.56. The number of hydrogen-bond acceptors (Lipinski definition) is 7. The van der Waals surface area contributed by atoms with Crippen LogP contribution < -0.4 is 4.90 Å². The van der Waals surface area contributed by atoms with Crippen LogP contribution in [0, 0.1) is 17.3 Å². The number of benzene rings is 1. The summed E-state index contributed by atoms with van der Waals surface area (Å²) in [6.07, 6.45) is 2.23. The van der Waals surface area contributed by atoms with Gasteiger partial charge in [0.05, 0.1) is 18.6 Å². The lowest BCUT2D eigenvalue weighted by atomic mass is 9.79. The number of carbonyl (C=O) groups excluding carboxylic acids is 4. The molecule has 1 fully saturated rings. The van der Waals surface area contributed by atoms with Gasteiger partial charge in [0.1, 0.15) is 25.3 Å². The molecule has 0 bridgehead atoms. The van der Waals surface area contributed by atoms with E-state index in [1.54, 1.807) is 49.9 Å². The van der Waals surface area contributed by atoms with Crippen molar-refractivity contribution in [1.29, 1.82) is 0 Å². The van der Waals surface area contributed by atoms with Gasteiger partial charge in [-0.2, -0.15) is 0 Å². The highest BCUT2D eigenvalue weighted by Crippen LogP contribution is 2.35. The van der Waals surface area contributed by atoms with Gasteiger partial charge in [0, 0.05) is 17.7 Å². The van der Waals surface area contributed by atoms with Crippen molar-refractivity contribution >= 4 is 31.3 Å². The van der Waals surface area contributed by atoms with Crippen LogP contribution in [0.15, 0.2) is 24.3 Å². The molecule has 2 unspecified atom stereocenters. The first-order valence-corrected chi connectivity index (χ1v) is 14.2. The Hall–Kier alpha value is -3.18. The first-order valence-electron chi connectivity index (χ1n) is 14.2. The van der Waals surface area contributed by atoms with E-state index in [4.69, 9.17) is 19.1 Å². The minimum absolute atomic E-state index is 0.234. The van der Waals surface area contributed by atoms with Crippen LogP contribution >= 0.6 is 0 Å². The van der Waals surface area contributed by atoms with Crippen molar-refractivity contribution in [3.63, 3.8) is 0 Å². The molecule has 0 spiro atoms. The topological polar surface area (TPSA) is 110 Å². The second kappa shape index (κ2) is 26.1. The molecule has 0 aromatic heterocycles. The Balaban J connectivity index is -0.000000582. The number of rotatable bonds is 8. The van der Waals surface area contributed by atoms with Crippen LogP contribution in [0.2, 0.25) is 0 Å². The summed E-state index contributed by atoms with van der Waals surface area (Å²) < 4.78 is 10.9. The van der Waals surface area contributed by atoms with Crippen molar-refractivity contribution in [3.8, 4) is 11.8 Å². The van der Waals surface area contributed by atoms with Gasteiger partial charge >= 0.3 is 12.1 Å². The fourth-order valence-electron chi connectivity index (χ4n) is 3.45. The molecule has 1 N–H and O–H groups in total. The van der Waals surface area contributed by atoms with Gasteiger partial charge in [0.25, 0.3) is 0 Å². The molecule has 0 radical (unpaired) electrons. The number of nitrogens with zero attached hydrogens (tertiary/aromatic N) is 1. The van der Waals surface area contributed by atoms with E-state index in [0.29, 0.717) is 31.7 Å². The number of anilines is 1. The van der Waals surface area contributed by atoms with Gasteiger partial charge in [-0.1, -0.05) is 73.1 Å². The highest BCUT2D eigenvalue weighted by atomic mass is 16.6. The Kier molecular flexibility index (Phi) is 28.6. The van der Waals surface area contributed by atoms with Crippen molar-refractivity contribution in [1.82, 2.24) is 0 Å². The van der Waals surface area contributed by atoms with Gasteiger partial charge in [-0.15, -0.1) is 0 Å². The third-order valence-electron chi connectivity index (χ3n) is 5.09. The van der Waals surface area contributed by atoms with E-state index < -0.39 is 17.1 Å². The molecule has 2 rings (SSSR count). The Labute approximate surface area is 243 Å². The molecule has 0 aliphatic carbocycles. The van der Waals surface area contributed by atoms with E-state index in [1.807, 2.05) is 62.0 Å². The molecule has 1 saturated heterocycles. The first kappa shape index (κ1) is 43.9. The molecule has 0 saturated carbocycles. The molecule has 1 aromatic rings. The van der Waals surface area contributed by atoms with Crippen molar-refractivity contribution in [2.45, 2.75) is 114 Å². The van der Waals surface area contributed by atoms with Gasteiger partial charge in [0.15, 0.2) is 0 Å². The van der Waals surface area contributed by atoms with Crippen LogP contribution in [0.4, 0.5) is 10.5 Å². The summed E-state index contributed by atoms with van der Waals surface area (Å²) in [4.78, 5) is 42.6. The van der Waals surface area contributed by atoms with E-state index in [0.717, 1.165) is 18.4 Å². The number of unbranched alkanes of at least 4 members (excludes halogenated alkanes) is 1. The van der Waals surface area contributed by atoms with Crippen LogP contribution in [0.3, 0.4) is 0 Å². The fourth-order valence-corrected chi connectivity index (χ4v) is 3.45. The summed E-state index contributed by atoms with van der Waals surface area (Å²) in [6, 6.07) is 7.22. The van der Waals surface area contributed by atoms with Crippen LogP contribution in [0.25, 0.3) is 0 Å². The van der Waals surface area contributed by atoms with Crippen molar-refractivity contribution < 1.29 is 33.8 Å². The number of cyclic esters (lactones) is 1. The van der Waals surface area contributed by atoms with Gasteiger partial charge in [0.2, 0.25) is 0 Å². The lowest BCUT2D eigenvalue weighted by Gasteiger charge is -2.29. The predicted octanol–water partition coefficient (Wildman–Crippen LogP) is 6.99. The van der Waals surface area contributed by atoms with Gasteiger partial charge in [-0.05, 0) is 58.4 Å². The SMILES string of the molecule is C=O.C=O.CC.CC.CC.CCCCC(C)(CC1CN(c2ccc(C#CC(C)(C)O)cc2)C(=O)O1)C(=O)OCC. The fraction of sp³-hybridized carbons (Fsp3) is 0.625. The number of hydrogen-bond donors (Lipinski definition) is 1. The van der Waals surface area contributed by atoms with E-state index in [2.05, 4.69) is 18.8 Å². The van der Waals surface area contributed by atoms with Crippen LogP contribution in [-0.2, 0) is 23.9 Å². The Morgan fingerprint density at radius 2 is 1.52 bits per heavy atom. The van der Waals surface area contributed by atoms with Gasteiger partial charge in [-0.25, -0.2) is 4.79 Å². The third-order valence-corrected chi connectivity index (χ3v) is 5.09. The number of esters is 1. The predicted molar refractivity (Wildman–Crippen MR) is 164 cm³/mol. The minimum atomic E-state index is -1.06. The molecule has 1 aliphatic rings. The first-order chi connectivity index (χ1) is 19.1. The van der Waals surface area contributed by atoms with E-state index >= 15 is 0 Å². The van der Waals surface area contributed by atoms with E-state index in [1.165, 1.54) is 0 Å². The molecule has 8 heteroatoms. The van der Waals surface area contributed by atoms with E-state index in [9.17, 15) is 14.7 Å². The average molecular weight is 566 g/mol. The molecular formula is C32H55NO7. The van der Waals surface area contributed by atoms with Crippen molar-refractivity contribution in [3.05, 3.63) is 29.8 Å². The summed E-state index contributed by atoms with van der Waals surface area (Å²) >= 11 is 0. The maximum absolute atomic E-state index is 12.6. The minimum Gasteiger partial charge on any atom is -0.466 e. The zero-order valence-electron chi connectivity index (χ0n) is 26.9. The van der Waals surface area contributed by atoms with Gasteiger partial charge < -0.3 is 24.2 Å². The van der Waals surface area contributed by atoms with E-state index in [-0.39, 0.29) is 12.1 Å². The molecule has 1 amide bonds. The van der Waals surface area contributed by atoms with Crippen LogP contribution in [0.5, 0.6) is 0 Å². The zero-order valence-corrected chi connectivity index (χ0v) is 26.9. The highest BCUT2D eigenvalue weighted by molar-refractivity contribution is 5.90. The number of aliphatic hydroxyl groups is 1. The molecule has 1 aromatic carbocycles. The second-order valence-corrected chi connectivity index (χ2v) is 8.56. The monoisotopic (exact) mass is 565 g/mol. The Morgan fingerprint density at radius 1 is 1.02 bits per heavy atom. The molecule has 230 valence electrons. The van der Waals surface area contributed by atoms with Crippen LogP contribution in [-0.4, -0.2) is 55.6 Å². The molecule has 40 heavy (non-hydrogen) atoms. The zero-order chi connectivity index (χ0) is 32.4. The smallest absolute Gasteiger partial charge is 0.414 e. The summed E-state index contributed by atoms with van der Waals surface area (Å²) in [5.74, 6) is 5.44. The molecule has 2 atom stereocenters. The van der Waals surface area contributed by atoms with Crippen molar-refractivity contribution in [2.24, 2.45) is 5.41 Å². The largest absolute Gasteiger partial charge is 0.466 e. The summed E-state index contributed by atoms with van der Waals surface area (Å²) in [5, 5.41) is 9.71. The molecule has 1 aliphatic heterocycles. The van der Waals surface area contributed by atoms with Crippen molar-refractivity contribution in [2.75, 3.05) is 18.1 Å². The summed E-state index contributed by atoms with van der Waals surface area (Å²) in [5.41, 5.74) is -0.278. The average Bonchev–Trinajstić information content (AvgIpc) is 3.35. The molecule has 1 heterocycles. The summed E-state index contributed by atoms with van der Waals surface area (Å²) in [6.45, 7) is 25.7. The third kappa shape index (κ3) is 17.4. The number of carbonyl (C=O) groups is 4. The van der Waals surface area contributed by atoms with Crippen LogP contribution in [0.1, 0.15) is 107 Å². The standard InChI is InChI=1S/C24H33NO5.3C2H6.2CH2O/c1-6-8-14-24(5,21(26)29-7-2)16-20-17-25(22(27)30-20)19-11-9-18(10-12-19)13-15-23(3,4)28;5*1-2/h9-12,20,28H,6-8,14,16-17H2,1-5H3;3*1-2H3;2*1H2. The normalized spacial score (nSPS) is 14.3. The Bertz CT molecular complexity index is 836. The quantitative estimate of drug-likeness (QED) is 0.267. The maximum atomic E-state index is 12.6. The maximum Gasteiger partial charge on any atom is 0.414 e. The lowest BCUT2D eigenvalue weighted by Crippen LogP contribution is -2.35. The number of amides is 1. The molecule has 8 nitrogen and oxygen atoms in total. The molecular weight excluding hydrogens is 510 g/mol. The Morgan fingerprint density at radius 3 is 1.95 bits per heavy atom. The van der Waals surface area contributed by atoms with Gasteiger partial charge in [-0.3, -0.25) is 9.69 Å². The lowest BCUT2D eigenvalue weighted by molar-refractivity contribution is -0.156.